The highest BCUT2D eigenvalue weighted by molar-refractivity contribution is 5.17. The highest BCUT2D eigenvalue weighted by Crippen LogP contribution is 2.28. The first kappa shape index (κ1) is 14.2. The first-order valence-corrected chi connectivity index (χ1v) is 8.21. The van der Waals surface area contributed by atoms with E-state index in [4.69, 9.17) is 4.42 Å². The summed E-state index contributed by atoms with van der Waals surface area (Å²) in [6.07, 6.45) is 9.96. The van der Waals surface area contributed by atoms with Crippen molar-refractivity contribution >= 4 is 0 Å². The lowest BCUT2D eigenvalue weighted by molar-refractivity contribution is 0.154. The summed E-state index contributed by atoms with van der Waals surface area (Å²) in [6, 6.07) is 3.62. The van der Waals surface area contributed by atoms with Crippen LogP contribution in [0.15, 0.2) is 16.7 Å². The summed E-state index contributed by atoms with van der Waals surface area (Å²) in [6.45, 7) is 4.30. The van der Waals surface area contributed by atoms with Gasteiger partial charge < -0.3 is 9.73 Å². The molecule has 1 aromatic heterocycles. The summed E-state index contributed by atoms with van der Waals surface area (Å²) in [5.74, 6) is 2.07. The van der Waals surface area contributed by atoms with E-state index < -0.39 is 0 Å². The molecule has 112 valence electrons. The molecule has 0 saturated heterocycles. The van der Waals surface area contributed by atoms with E-state index >= 15 is 0 Å². The van der Waals surface area contributed by atoms with Gasteiger partial charge >= 0.3 is 0 Å². The van der Waals surface area contributed by atoms with Gasteiger partial charge in [-0.1, -0.05) is 6.92 Å². The van der Waals surface area contributed by atoms with Crippen molar-refractivity contribution in [2.75, 3.05) is 7.05 Å². The van der Waals surface area contributed by atoms with Crippen molar-refractivity contribution in [2.24, 2.45) is 5.92 Å². The van der Waals surface area contributed by atoms with Crippen LogP contribution in [-0.4, -0.2) is 24.0 Å². The van der Waals surface area contributed by atoms with E-state index in [1.54, 1.807) is 0 Å². The van der Waals surface area contributed by atoms with Gasteiger partial charge in [0.25, 0.3) is 0 Å². The van der Waals surface area contributed by atoms with Gasteiger partial charge in [-0.25, -0.2) is 0 Å². The van der Waals surface area contributed by atoms with E-state index in [0.717, 1.165) is 36.9 Å². The molecule has 0 atom stereocenters. The Labute approximate surface area is 122 Å². The van der Waals surface area contributed by atoms with Crippen molar-refractivity contribution in [1.29, 1.82) is 0 Å². The van der Waals surface area contributed by atoms with Crippen LogP contribution in [-0.2, 0) is 13.1 Å². The minimum Gasteiger partial charge on any atom is -0.468 e. The number of hydrogen-bond donors (Lipinski definition) is 1. The third-order valence-corrected chi connectivity index (χ3v) is 5.00. The molecule has 0 aromatic carbocycles. The molecular weight excluding hydrogens is 248 g/mol. The molecule has 20 heavy (non-hydrogen) atoms. The monoisotopic (exact) mass is 276 g/mol. The molecule has 2 aliphatic rings. The standard InChI is InChI=1S/C17H28N2O/c1-13-3-7-16(8-4-13)19(2)12-17-14(9-10-20-17)11-18-15-5-6-15/h9-10,13,15-16,18H,3-8,11-12H2,1-2H3. The second-order valence-corrected chi connectivity index (χ2v) is 6.85. The normalized spacial score (nSPS) is 27.1. The second kappa shape index (κ2) is 6.31. The quantitative estimate of drug-likeness (QED) is 0.861. The van der Waals surface area contributed by atoms with Gasteiger partial charge in [0.05, 0.1) is 12.8 Å². The van der Waals surface area contributed by atoms with Crippen LogP contribution in [0, 0.1) is 5.92 Å². The Morgan fingerprint density at radius 3 is 2.65 bits per heavy atom. The minimum absolute atomic E-state index is 0.737. The number of rotatable bonds is 6. The first-order chi connectivity index (χ1) is 9.72. The number of furan rings is 1. The van der Waals surface area contributed by atoms with Crippen molar-refractivity contribution in [1.82, 2.24) is 10.2 Å². The molecule has 1 aromatic rings. The smallest absolute Gasteiger partial charge is 0.122 e. The Hall–Kier alpha value is -0.800. The van der Waals surface area contributed by atoms with Crippen molar-refractivity contribution in [3.63, 3.8) is 0 Å². The Balaban J connectivity index is 1.52. The highest BCUT2D eigenvalue weighted by Gasteiger charge is 2.24. The fraction of sp³-hybridized carbons (Fsp3) is 0.765. The van der Waals surface area contributed by atoms with Crippen LogP contribution in [0.4, 0.5) is 0 Å². The van der Waals surface area contributed by atoms with Crippen LogP contribution in [0.1, 0.15) is 56.8 Å². The van der Waals surface area contributed by atoms with E-state index in [-0.39, 0.29) is 0 Å². The van der Waals surface area contributed by atoms with Crippen LogP contribution in [0.5, 0.6) is 0 Å². The molecule has 0 aliphatic heterocycles. The van der Waals surface area contributed by atoms with Crippen LogP contribution < -0.4 is 5.32 Å². The lowest BCUT2D eigenvalue weighted by atomic mass is 9.87. The Morgan fingerprint density at radius 1 is 1.20 bits per heavy atom. The predicted molar refractivity (Wildman–Crippen MR) is 81.5 cm³/mol. The van der Waals surface area contributed by atoms with Crippen molar-refractivity contribution in [2.45, 2.75) is 70.6 Å². The summed E-state index contributed by atoms with van der Waals surface area (Å²) < 4.78 is 5.72. The van der Waals surface area contributed by atoms with Crippen LogP contribution >= 0.6 is 0 Å². The molecule has 0 amide bonds. The zero-order valence-electron chi connectivity index (χ0n) is 12.9. The molecule has 1 heterocycles. The largest absolute Gasteiger partial charge is 0.468 e. The third-order valence-electron chi connectivity index (χ3n) is 5.00. The first-order valence-electron chi connectivity index (χ1n) is 8.21. The number of nitrogens with one attached hydrogen (secondary N) is 1. The summed E-state index contributed by atoms with van der Waals surface area (Å²) in [4.78, 5) is 2.49. The molecule has 2 aliphatic carbocycles. The fourth-order valence-electron chi connectivity index (χ4n) is 3.24. The molecule has 0 bridgehead atoms. The lowest BCUT2D eigenvalue weighted by Gasteiger charge is -2.33. The van der Waals surface area contributed by atoms with E-state index in [2.05, 4.69) is 30.3 Å². The molecule has 0 spiro atoms. The van der Waals surface area contributed by atoms with Crippen LogP contribution in [0.25, 0.3) is 0 Å². The van der Waals surface area contributed by atoms with Crippen LogP contribution in [0.3, 0.4) is 0 Å². The van der Waals surface area contributed by atoms with Gasteiger partial charge in [0.2, 0.25) is 0 Å². The summed E-state index contributed by atoms with van der Waals surface area (Å²) >= 11 is 0. The van der Waals surface area contributed by atoms with Crippen LogP contribution in [0.2, 0.25) is 0 Å². The summed E-state index contributed by atoms with van der Waals surface area (Å²) in [5.41, 5.74) is 1.34. The molecule has 3 nitrogen and oxygen atoms in total. The van der Waals surface area contributed by atoms with Gasteiger partial charge in [0.15, 0.2) is 0 Å². The zero-order valence-corrected chi connectivity index (χ0v) is 12.9. The molecule has 0 radical (unpaired) electrons. The second-order valence-electron chi connectivity index (χ2n) is 6.85. The van der Waals surface area contributed by atoms with E-state index in [1.165, 1.54) is 44.1 Å². The third kappa shape index (κ3) is 3.64. The maximum Gasteiger partial charge on any atom is 0.122 e. The summed E-state index contributed by atoms with van der Waals surface area (Å²) in [7, 11) is 2.25. The van der Waals surface area contributed by atoms with E-state index in [1.807, 2.05) is 6.26 Å². The molecule has 2 saturated carbocycles. The Kier molecular flexibility index (Phi) is 4.47. The van der Waals surface area contributed by atoms with Gasteiger partial charge in [0, 0.05) is 24.2 Å². The zero-order chi connectivity index (χ0) is 13.9. The SMILES string of the molecule is CC1CCC(N(C)Cc2occc2CNC2CC2)CC1. The topological polar surface area (TPSA) is 28.4 Å². The number of hydrogen-bond acceptors (Lipinski definition) is 3. The van der Waals surface area contributed by atoms with Crippen molar-refractivity contribution in [3.05, 3.63) is 23.7 Å². The van der Waals surface area contributed by atoms with Gasteiger partial charge in [0.1, 0.15) is 5.76 Å². The van der Waals surface area contributed by atoms with E-state index in [0.29, 0.717) is 0 Å². The maximum atomic E-state index is 5.72. The van der Waals surface area contributed by atoms with Gasteiger partial charge in [-0.2, -0.15) is 0 Å². The number of nitrogens with zero attached hydrogens (tertiary/aromatic N) is 1. The Bertz CT molecular complexity index is 416. The van der Waals surface area contributed by atoms with E-state index in [9.17, 15) is 0 Å². The highest BCUT2D eigenvalue weighted by atomic mass is 16.3. The molecule has 3 heteroatoms. The molecule has 2 fully saturated rings. The van der Waals surface area contributed by atoms with Crippen molar-refractivity contribution in [3.8, 4) is 0 Å². The average Bonchev–Trinajstić information content (AvgIpc) is 3.18. The fourth-order valence-corrected chi connectivity index (χ4v) is 3.24. The Morgan fingerprint density at radius 2 is 1.95 bits per heavy atom. The molecule has 3 rings (SSSR count). The average molecular weight is 276 g/mol. The molecule has 0 unspecified atom stereocenters. The molecular formula is C17H28N2O. The molecule has 1 N–H and O–H groups in total. The van der Waals surface area contributed by atoms with Crippen molar-refractivity contribution < 1.29 is 4.42 Å². The minimum atomic E-state index is 0.737. The predicted octanol–water partition coefficient (Wildman–Crippen LogP) is 3.54. The summed E-state index contributed by atoms with van der Waals surface area (Å²) in [5, 5.41) is 3.58. The van der Waals surface area contributed by atoms with Gasteiger partial charge in [-0.05, 0) is 57.6 Å². The van der Waals surface area contributed by atoms with Gasteiger partial charge in [-0.15, -0.1) is 0 Å². The lowest BCUT2D eigenvalue weighted by Crippen LogP contribution is -2.34. The van der Waals surface area contributed by atoms with Gasteiger partial charge in [-0.3, -0.25) is 4.90 Å². The maximum absolute atomic E-state index is 5.72.